The first kappa shape index (κ1) is 17.0. The summed E-state index contributed by atoms with van der Waals surface area (Å²) in [6.45, 7) is 1.37. The lowest BCUT2D eigenvalue weighted by Gasteiger charge is -2.21. The smallest absolute Gasteiger partial charge is 0.226 e. The summed E-state index contributed by atoms with van der Waals surface area (Å²) in [7, 11) is 1.58. The molecule has 1 amide bonds. The van der Waals surface area contributed by atoms with Gasteiger partial charge in [-0.2, -0.15) is 0 Å². The molecule has 2 rings (SSSR count). The SMILES string of the molecule is COCCN(Cc1ccco1)C(=O)CCOc1ccccc1F. The zero-order valence-corrected chi connectivity index (χ0v) is 13.0. The summed E-state index contributed by atoms with van der Waals surface area (Å²) in [5.41, 5.74) is 0. The zero-order chi connectivity index (χ0) is 16.5. The third kappa shape index (κ3) is 5.41. The molecule has 2 aromatic rings. The van der Waals surface area contributed by atoms with E-state index in [1.807, 2.05) is 6.07 Å². The molecule has 0 fully saturated rings. The first-order valence-electron chi connectivity index (χ1n) is 7.37. The molecule has 124 valence electrons. The second kappa shape index (κ2) is 8.95. The maximum atomic E-state index is 13.4. The van der Waals surface area contributed by atoms with Crippen LogP contribution >= 0.6 is 0 Å². The Morgan fingerprint density at radius 2 is 2.04 bits per heavy atom. The average Bonchev–Trinajstić information content (AvgIpc) is 3.06. The fourth-order valence-corrected chi connectivity index (χ4v) is 2.05. The van der Waals surface area contributed by atoms with Crippen molar-refractivity contribution in [3.05, 3.63) is 54.2 Å². The predicted octanol–water partition coefficient (Wildman–Crippen LogP) is 2.86. The molecular formula is C17H20FNO4. The van der Waals surface area contributed by atoms with E-state index in [0.29, 0.717) is 25.5 Å². The van der Waals surface area contributed by atoms with Gasteiger partial charge < -0.3 is 18.8 Å². The van der Waals surface area contributed by atoms with Gasteiger partial charge in [0.1, 0.15) is 5.76 Å². The summed E-state index contributed by atoms with van der Waals surface area (Å²) in [4.78, 5) is 13.9. The molecule has 1 aromatic carbocycles. The number of carbonyl (C=O) groups is 1. The first-order chi connectivity index (χ1) is 11.2. The largest absolute Gasteiger partial charge is 0.490 e. The molecule has 1 heterocycles. The molecule has 5 nitrogen and oxygen atoms in total. The fraction of sp³-hybridized carbons (Fsp3) is 0.353. The van der Waals surface area contributed by atoms with Crippen LogP contribution in [0.2, 0.25) is 0 Å². The molecule has 0 aliphatic rings. The van der Waals surface area contributed by atoms with Crippen molar-refractivity contribution in [1.82, 2.24) is 4.90 Å². The monoisotopic (exact) mass is 321 g/mol. The molecule has 0 atom stereocenters. The van der Waals surface area contributed by atoms with Crippen LogP contribution in [0.15, 0.2) is 47.1 Å². The van der Waals surface area contributed by atoms with Crippen molar-refractivity contribution in [2.75, 3.05) is 26.9 Å². The number of ether oxygens (including phenoxy) is 2. The van der Waals surface area contributed by atoms with Crippen LogP contribution in [-0.4, -0.2) is 37.7 Å². The van der Waals surface area contributed by atoms with Crippen LogP contribution in [-0.2, 0) is 16.1 Å². The maximum Gasteiger partial charge on any atom is 0.226 e. The number of rotatable bonds is 9. The van der Waals surface area contributed by atoms with Gasteiger partial charge in [-0.1, -0.05) is 12.1 Å². The van der Waals surface area contributed by atoms with Crippen LogP contribution in [0.1, 0.15) is 12.2 Å². The topological polar surface area (TPSA) is 51.9 Å². The summed E-state index contributed by atoms with van der Waals surface area (Å²) >= 11 is 0. The molecule has 0 unspecified atom stereocenters. The van der Waals surface area contributed by atoms with Crippen molar-refractivity contribution in [2.45, 2.75) is 13.0 Å². The minimum atomic E-state index is -0.438. The molecule has 0 aliphatic carbocycles. The van der Waals surface area contributed by atoms with Crippen LogP contribution in [0.4, 0.5) is 4.39 Å². The Kier molecular flexibility index (Phi) is 6.62. The first-order valence-corrected chi connectivity index (χ1v) is 7.37. The number of hydrogen-bond acceptors (Lipinski definition) is 4. The highest BCUT2D eigenvalue weighted by Crippen LogP contribution is 2.15. The van der Waals surface area contributed by atoms with Gasteiger partial charge in [0.05, 0.1) is 32.4 Å². The van der Waals surface area contributed by atoms with Crippen LogP contribution in [0.25, 0.3) is 0 Å². The molecular weight excluding hydrogens is 301 g/mol. The summed E-state index contributed by atoms with van der Waals surface area (Å²) < 4.78 is 29.1. The molecule has 0 radical (unpaired) electrons. The predicted molar refractivity (Wildman–Crippen MR) is 82.5 cm³/mol. The number of furan rings is 1. The third-order valence-electron chi connectivity index (χ3n) is 3.25. The van der Waals surface area contributed by atoms with Crippen molar-refractivity contribution in [2.24, 2.45) is 0 Å². The lowest BCUT2D eigenvalue weighted by molar-refractivity contribution is -0.133. The maximum absolute atomic E-state index is 13.4. The van der Waals surface area contributed by atoms with Crippen molar-refractivity contribution in [3.8, 4) is 5.75 Å². The van der Waals surface area contributed by atoms with E-state index in [0.717, 1.165) is 0 Å². The fourth-order valence-electron chi connectivity index (χ4n) is 2.05. The van der Waals surface area contributed by atoms with Gasteiger partial charge in [0.15, 0.2) is 11.6 Å². The molecule has 6 heteroatoms. The Balaban J connectivity index is 1.85. The van der Waals surface area contributed by atoms with E-state index < -0.39 is 5.82 Å². The highest BCUT2D eigenvalue weighted by atomic mass is 19.1. The van der Waals surface area contributed by atoms with Gasteiger partial charge in [-0.3, -0.25) is 4.79 Å². The highest BCUT2D eigenvalue weighted by Gasteiger charge is 2.15. The van der Waals surface area contributed by atoms with Gasteiger partial charge in [-0.05, 0) is 24.3 Å². The number of amides is 1. The van der Waals surface area contributed by atoms with Gasteiger partial charge in [-0.25, -0.2) is 4.39 Å². The van der Waals surface area contributed by atoms with Crippen LogP contribution < -0.4 is 4.74 Å². The van der Waals surface area contributed by atoms with Gasteiger partial charge in [0.25, 0.3) is 0 Å². The number of carbonyl (C=O) groups excluding carboxylic acids is 1. The number of methoxy groups -OCH3 is 1. The summed E-state index contributed by atoms with van der Waals surface area (Å²) in [5, 5.41) is 0. The van der Waals surface area contributed by atoms with Gasteiger partial charge in [-0.15, -0.1) is 0 Å². The van der Waals surface area contributed by atoms with Crippen molar-refractivity contribution >= 4 is 5.91 Å². The number of para-hydroxylation sites is 1. The number of nitrogens with zero attached hydrogens (tertiary/aromatic N) is 1. The Morgan fingerprint density at radius 3 is 2.74 bits per heavy atom. The number of halogens is 1. The normalized spacial score (nSPS) is 10.5. The molecule has 1 aromatic heterocycles. The highest BCUT2D eigenvalue weighted by molar-refractivity contribution is 5.76. The van der Waals surface area contributed by atoms with E-state index in [9.17, 15) is 9.18 Å². The average molecular weight is 321 g/mol. The quantitative estimate of drug-likeness (QED) is 0.712. The summed E-state index contributed by atoms with van der Waals surface area (Å²) in [6.07, 6.45) is 1.72. The molecule has 0 bridgehead atoms. The van der Waals surface area contributed by atoms with Gasteiger partial charge in [0, 0.05) is 13.7 Å². The Hall–Kier alpha value is -2.34. The molecule has 0 N–H and O–H groups in total. The van der Waals surface area contributed by atoms with Crippen molar-refractivity contribution < 1.29 is 23.1 Å². The van der Waals surface area contributed by atoms with E-state index in [1.165, 1.54) is 12.1 Å². The minimum absolute atomic E-state index is 0.102. The second-order valence-corrected chi connectivity index (χ2v) is 4.92. The van der Waals surface area contributed by atoms with E-state index in [4.69, 9.17) is 13.9 Å². The standard InChI is InChI=1S/C17H20FNO4/c1-21-12-9-19(13-14-5-4-10-22-14)17(20)8-11-23-16-7-3-2-6-15(16)18/h2-7,10H,8-9,11-13H2,1H3. The van der Waals surface area contributed by atoms with Crippen LogP contribution in [0, 0.1) is 5.82 Å². The molecule has 0 spiro atoms. The van der Waals surface area contributed by atoms with Crippen LogP contribution in [0.3, 0.4) is 0 Å². The molecule has 0 saturated heterocycles. The lowest BCUT2D eigenvalue weighted by atomic mass is 10.3. The Morgan fingerprint density at radius 1 is 1.22 bits per heavy atom. The molecule has 23 heavy (non-hydrogen) atoms. The van der Waals surface area contributed by atoms with Crippen LogP contribution in [0.5, 0.6) is 5.75 Å². The van der Waals surface area contributed by atoms with E-state index in [1.54, 1.807) is 36.5 Å². The third-order valence-corrected chi connectivity index (χ3v) is 3.25. The zero-order valence-electron chi connectivity index (χ0n) is 13.0. The molecule has 0 saturated carbocycles. The Bertz CT molecular complexity index is 600. The second-order valence-electron chi connectivity index (χ2n) is 4.92. The van der Waals surface area contributed by atoms with Crippen molar-refractivity contribution in [3.63, 3.8) is 0 Å². The Labute approximate surface area is 134 Å². The summed E-state index contributed by atoms with van der Waals surface area (Å²) in [6, 6.07) is 9.70. The van der Waals surface area contributed by atoms with E-state index in [-0.39, 0.29) is 24.7 Å². The number of benzene rings is 1. The van der Waals surface area contributed by atoms with Gasteiger partial charge >= 0.3 is 0 Å². The van der Waals surface area contributed by atoms with Gasteiger partial charge in [0.2, 0.25) is 5.91 Å². The number of hydrogen-bond donors (Lipinski definition) is 0. The lowest BCUT2D eigenvalue weighted by Crippen LogP contribution is -2.34. The minimum Gasteiger partial charge on any atom is -0.490 e. The molecule has 0 aliphatic heterocycles. The van der Waals surface area contributed by atoms with E-state index in [2.05, 4.69) is 0 Å². The summed E-state index contributed by atoms with van der Waals surface area (Å²) in [5.74, 6) is 0.306. The van der Waals surface area contributed by atoms with Crippen molar-refractivity contribution in [1.29, 1.82) is 0 Å². The van der Waals surface area contributed by atoms with E-state index >= 15 is 0 Å².